The van der Waals surface area contributed by atoms with Crippen LogP contribution in [0.5, 0.6) is 0 Å². The van der Waals surface area contributed by atoms with E-state index in [-0.39, 0.29) is 0 Å². The maximum Gasteiger partial charge on any atom is 0.120 e. The van der Waals surface area contributed by atoms with E-state index in [0.29, 0.717) is 0 Å². The van der Waals surface area contributed by atoms with E-state index in [9.17, 15) is 0 Å². The fraction of sp³-hybridized carbons (Fsp3) is 0.357. The highest BCUT2D eigenvalue weighted by atomic mass is 32.2. The van der Waals surface area contributed by atoms with Crippen LogP contribution in [0.15, 0.2) is 50.6 Å². The Morgan fingerprint density at radius 2 is 1.84 bits per heavy atom. The molecule has 4 nitrogen and oxygen atoms in total. The molecule has 0 fully saturated rings. The zero-order valence-electron chi connectivity index (χ0n) is 12.1. The van der Waals surface area contributed by atoms with Gasteiger partial charge in [-0.3, -0.25) is 4.99 Å². The molecule has 19 heavy (non-hydrogen) atoms. The lowest BCUT2D eigenvalue weighted by Gasteiger charge is -2.11. The number of hydrogen-bond acceptors (Lipinski definition) is 5. The minimum absolute atomic E-state index is 0.844. The third kappa shape index (κ3) is 5.26. The van der Waals surface area contributed by atoms with Crippen molar-refractivity contribution in [2.24, 2.45) is 15.2 Å². The third-order valence-electron chi connectivity index (χ3n) is 2.52. The fourth-order valence-electron chi connectivity index (χ4n) is 1.30. The average molecular weight is 276 g/mol. The summed E-state index contributed by atoms with van der Waals surface area (Å²) in [5.41, 5.74) is 2.93. The molecule has 0 aliphatic carbocycles. The van der Waals surface area contributed by atoms with Crippen molar-refractivity contribution in [3.05, 3.63) is 35.4 Å². The van der Waals surface area contributed by atoms with Gasteiger partial charge in [0.05, 0.1) is 5.69 Å². The molecule has 0 radical (unpaired) electrons. The minimum atomic E-state index is 0.844. The summed E-state index contributed by atoms with van der Waals surface area (Å²) in [7, 11) is 5.79. The van der Waals surface area contributed by atoms with Crippen LogP contribution in [0.25, 0.3) is 0 Å². The number of aliphatic imine (C=N–C) groups is 1. The van der Waals surface area contributed by atoms with Crippen molar-refractivity contribution in [1.82, 2.24) is 0 Å². The Morgan fingerprint density at radius 3 is 2.32 bits per heavy atom. The van der Waals surface area contributed by atoms with Crippen molar-refractivity contribution in [3.63, 3.8) is 0 Å². The molecule has 5 heteroatoms. The Hall–Kier alpha value is -1.62. The second kappa shape index (κ2) is 7.74. The second-order valence-electron chi connectivity index (χ2n) is 4.16. The molecule has 0 bridgehead atoms. The van der Waals surface area contributed by atoms with E-state index in [1.807, 2.05) is 57.6 Å². The molecule has 1 aromatic rings. The summed E-state index contributed by atoms with van der Waals surface area (Å²) < 4.78 is 0. The SMILES string of the molecule is CN=C(C)/C=C(/N=Nc1ccc(N(C)C)cc1)SC. The van der Waals surface area contributed by atoms with Crippen molar-refractivity contribution in [3.8, 4) is 0 Å². The molecule has 0 amide bonds. The zero-order valence-corrected chi connectivity index (χ0v) is 12.9. The van der Waals surface area contributed by atoms with Crippen LogP contribution in [0.3, 0.4) is 0 Å². The van der Waals surface area contributed by atoms with Crippen LogP contribution >= 0.6 is 11.8 Å². The number of rotatable bonds is 5. The summed E-state index contributed by atoms with van der Waals surface area (Å²) in [6, 6.07) is 7.96. The standard InChI is InChI=1S/C14H20N4S/c1-11(15-2)10-14(19-5)17-16-12-6-8-13(9-7-12)18(3)4/h6-10H,1-5H3/b14-10-,15-11?,17-16?. The van der Waals surface area contributed by atoms with Crippen molar-refractivity contribution in [2.45, 2.75) is 6.92 Å². The normalized spacial score (nSPS) is 13.1. The number of azo groups is 1. The molecule has 0 heterocycles. The van der Waals surface area contributed by atoms with Gasteiger partial charge in [-0.2, -0.15) is 5.11 Å². The zero-order chi connectivity index (χ0) is 14.3. The van der Waals surface area contributed by atoms with Gasteiger partial charge in [0.2, 0.25) is 0 Å². The molecule has 0 aliphatic rings. The summed E-state index contributed by atoms with van der Waals surface area (Å²) in [5, 5.41) is 9.30. The topological polar surface area (TPSA) is 40.3 Å². The average Bonchev–Trinajstić information content (AvgIpc) is 2.43. The van der Waals surface area contributed by atoms with Crippen molar-refractivity contribution in [2.75, 3.05) is 32.3 Å². The number of nitrogens with zero attached hydrogens (tertiary/aromatic N) is 4. The number of hydrogen-bond donors (Lipinski definition) is 0. The number of thioether (sulfide) groups is 1. The van der Waals surface area contributed by atoms with Crippen molar-refractivity contribution < 1.29 is 0 Å². The first-order valence-electron chi connectivity index (χ1n) is 5.95. The first-order chi connectivity index (χ1) is 9.06. The molecule has 0 aliphatic heterocycles. The highest BCUT2D eigenvalue weighted by Crippen LogP contribution is 2.21. The van der Waals surface area contributed by atoms with Gasteiger partial charge >= 0.3 is 0 Å². The highest BCUT2D eigenvalue weighted by Gasteiger charge is 1.96. The second-order valence-corrected chi connectivity index (χ2v) is 4.99. The third-order valence-corrected chi connectivity index (χ3v) is 3.14. The molecule has 0 aromatic heterocycles. The summed E-state index contributed by atoms with van der Waals surface area (Å²) in [6.45, 7) is 1.94. The number of benzene rings is 1. The van der Waals surface area contributed by atoms with Crippen LogP contribution in [0.4, 0.5) is 11.4 Å². The molecule has 0 N–H and O–H groups in total. The molecule has 1 aromatic carbocycles. The predicted octanol–water partition coefficient (Wildman–Crippen LogP) is 4.13. The van der Waals surface area contributed by atoms with Gasteiger partial charge in [-0.05, 0) is 43.5 Å². The Labute approximate surface area is 119 Å². The van der Waals surface area contributed by atoms with Gasteiger partial charge in [0, 0.05) is 32.5 Å². The van der Waals surface area contributed by atoms with Gasteiger partial charge in [-0.15, -0.1) is 16.9 Å². The van der Waals surface area contributed by atoms with Crippen LogP contribution in [-0.4, -0.2) is 33.1 Å². The molecule has 1 rings (SSSR count). The largest absolute Gasteiger partial charge is 0.378 e. The van der Waals surface area contributed by atoms with Gasteiger partial charge in [-0.25, -0.2) is 0 Å². The van der Waals surface area contributed by atoms with Crippen molar-refractivity contribution >= 4 is 28.8 Å². The Balaban J connectivity index is 2.82. The summed E-state index contributed by atoms with van der Waals surface area (Å²) in [4.78, 5) is 6.13. The molecular formula is C14H20N4S. The number of anilines is 1. The maximum atomic E-state index is 4.23. The predicted molar refractivity (Wildman–Crippen MR) is 85.9 cm³/mol. The Bertz CT molecular complexity index is 487. The van der Waals surface area contributed by atoms with Crippen molar-refractivity contribution in [1.29, 1.82) is 0 Å². The summed E-state index contributed by atoms with van der Waals surface area (Å²) in [5.74, 6) is 0. The van der Waals surface area contributed by atoms with E-state index in [1.54, 1.807) is 18.8 Å². The molecule has 0 spiro atoms. The van der Waals surface area contributed by atoms with E-state index in [4.69, 9.17) is 0 Å². The maximum absolute atomic E-state index is 4.23. The van der Waals surface area contributed by atoms with Gasteiger partial charge in [0.15, 0.2) is 0 Å². The molecule has 0 saturated heterocycles. The van der Waals surface area contributed by atoms with Crippen LogP contribution in [0, 0.1) is 0 Å². The molecule has 0 unspecified atom stereocenters. The molecule has 0 atom stereocenters. The van der Waals surface area contributed by atoms with Gasteiger partial charge in [0.1, 0.15) is 5.03 Å². The van der Waals surface area contributed by atoms with Crippen LogP contribution in [-0.2, 0) is 0 Å². The lowest BCUT2D eigenvalue weighted by molar-refractivity contribution is 1.13. The van der Waals surface area contributed by atoms with E-state index in [0.717, 1.165) is 22.1 Å². The Kier molecular flexibility index (Phi) is 6.29. The van der Waals surface area contributed by atoms with Gasteiger partial charge in [-0.1, -0.05) is 0 Å². The number of allylic oxidation sites excluding steroid dienone is 1. The van der Waals surface area contributed by atoms with E-state index >= 15 is 0 Å². The van der Waals surface area contributed by atoms with Gasteiger partial charge < -0.3 is 4.90 Å². The molecule has 0 saturated carbocycles. The first-order valence-corrected chi connectivity index (χ1v) is 7.17. The summed E-state index contributed by atoms with van der Waals surface area (Å²) >= 11 is 1.55. The smallest absolute Gasteiger partial charge is 0.120 e. The van der Waals surface area contributed by atoms with E-state index in [1.165, 1.54) is 0 Å². The molecular weight excluding hydrogens is 256 g/mol. The van der Waals surface area contributed by atoms with E-state index < -0.39 is 0 Å². The highest BCUT2D eigenvalue weighted by molar-refractivity contribution is 8.02. The Morgan fingerprint density at radius 1 is 1.21 bits per heavy atom. The first kappa shape index (κ1) is 15.4. The van der Waals surface area contributed by atoms with Crippen LogP contribution < -0.4 is 4.90 Å². The fourth-order valence-corrected chi connectivity index (χ4v) is 1.71. The van der Waals surface area contributed by atoms with E-state index in [2.05, 4.69) is 20.1 Å². The summed E-state index contributed by atoms with van der Waals surface area (Å²) in [6.07, 6.45) is 3.89. The van der Waals surface area contributed by atoms with Gasteiger partial charge in [0.25, 0.3) is 0 Å². The molecule has 102 valence electrons. The lowest BCUT2D eigenvalue weighted by atomic mass is 10.3. The monoisotopic (exact) mass is 276 g/mol. The van der Waals surface area contributed by atoms with Crippen LogP contribution in [0.2, 0.25) is 0 Å². The minimum Gasteiger partial charge on any atom is -0.378 e. The van der Waals surface area contributed by atoms with Crippen LogP contribution in [0.1, 0.15) is 6.92 Å². The lowest BCUT2D eigenvalue weighted by Crippen LogP contribution is -2.07. The quantitative estimate of drug-likeness (QED) is 0.599.